The lowest BCUT2D eigenvalue weighted by Gasteiger charge is -2.23. The van der Waals surface area contributed by atoms with Crippen molar-refractivity contribution < 1.29 is 9.09 Å². The van der Waals surface area contributed by atoms with E-state index >= 15 is 0 Å². The standard InChI is InChI=1S/C6H13O2P/c1-5(8-9-7)6(2,3)4/h5H,1-4H3. The lowest BCUT2D eigenvalue weighted by molar-refractivity contribution is 0.118. The Morgan fingerprint density at radius 3 is 2.00 bits per heavy atom. The molecule has 0 heterocycles. The molecule has 0 spiro atoms. The molecule has 0 bridgehead atoms. The first-order valence-electron chi connectivity index (χ1n) is 2.97. The summed E-state index contributed by atoms with van der Waals surface area (Å²) in [5.41, 5.74) is 0.0808. The van der Waals surface area contributed by atoms with Gasteiger partial charge in [-0.1, -0.05) is 20.8 Å². The second-order valence-corrected chi connectivity index (χ2v) is 3.55. The summed E-state index contributed by atoms with van der Waals surface area (Å²) in [6.07, 6.45) is 0.0386. The molecule has 0 radical (unpaired) electrons. The topological polar surface area (TPSA) is 26.3 Å². The van der Waals surface area contributed by atoms with Crippen molar-refractivity contribution in [1.29, 1.82) is 0 Å². The van der Waals surface area contributed by atoms with E-state index in [0.717, 1.165) is 0 Å². The molecule has 9 heavy (non-hydrogen) atoms. The van der Waals surface area contributed by atoms with Gasteiger partial charge >= 0.3 is 8.69 Å². The van der Waals surface area contributed by atoms with Crippen molar-refractivity contribution in [2.24, 2.45) is 5.41 Å². The van der Waals surface area contributed by atoms with Crippen molar-refractivity contribution in [2.75, 3.05) is 0 Å². The van der Waals surface area contributed by atoms with E-state index in [2.05, 4.69) is 0 Å². The van der Waals surface area contributed by atoms with Crippen LogP contribution < -0.4 is 0 Å². The molecule has 54 valence electrons. The van der Waals surface area contributed by atoms with E-state index in [1.807, 2.05) is 27.7 Å². The molecule has 0 aliphatic carbocycles. The summed E-state index contributed by atoms with van der Waals surface area (Å²) >= 11 is 0. The lowest BCUT2D eigenvalue weighted by Crippen LogP contribution is -2.22. The van der Waals surface area contributed by atoms with Crippen molar-refractivity contribution in [1.82, 2.24) is 0 Å². The van der Waals surface area contributed by atoms with Gasteiger partial charge in [0.05, 0.1) is 6.10 Å². The molecule has 0 amide bonds. The van der Waals surface area contributed by atoms with Crippen molar-refractivity contribution in [3.8, 4) is 0 Å². The van der Waals surface area contributed by atoms with E-state index in [4.69, 9.17) is 4.52 Å². The summed E-state index contributed by atoms with van der Waals surface area (Å²) in [5, 5.41) is 0. The Hall–Kier alpha value is 0.0600. The fourth-order valence-corrected chi connectivity index (χ4v) is 0.668. The van der Waals surface area contributed by atoms with Gasteiger partial charge in [-0.2, -0.15) is 0 Å². The SMILES string of the molecule is CC(OP=O)C(C)(C)C. The second-order valence-electron chi connectivity index (χ2n) is 3.19. The summed E-state index contributed by atoms with van der Waals surface area (Å²) in [5.74, 6) is 0. The van der Waals surface area contributed by atoms with E-state index in [9.17, 15) is 4.57 Å². The highest BCUT2D eigenvalue weighted by Crippen LogP contribution is 2.24. The number of hydrogen-bond donors (Lipinski definition) is 0. The van der Waals surface area contributed by atoms with Gasteiger partial charge in [0, 0.05) is 0 Å². The van der Waals surface area contributed by atoms with Crippen molar-refractivity contribution >= 4 is 8.69 Å². The molecule has 0 fully saturated rings. The summed E-state index contributed by atoms with van der Waals surface area (Å²) < 4.78 is 14.8. The zero-order valence-electron chi connectivity index (χ0n) is 6.34. The Morgan fingerprint density at radius 2 is 1.89 bits per heavy atom. The van der Waals surface area contributed by atoms with Gasteiger partial charge in [-0.05, 0) is 12.3 Å². The molecule has 0 N–H and O–H groups in total. The van der Waals surface area contributed by atoms with Crippen molar-refractivity contribution in [3.05, 3.63) is 0 Å². The van der Waals surface area contributed by atoms with Gasteiger partial charge in [0.25, 0.3) is 0 Å². The minimum absolute atomic E-state index is 0.0386. The molecule has 0 saturated heterocycles. The molecule has 0 aliphatic rings. The third-order valence-electron chi connectivity index (χ3n) is 1.42. The first-order valence-corrected chi connectivity index (χ1v) is 3.70. The molecule has 2 nitrogen and oxygen atoms in total. The Morgan fingerprint density at radius 1 is 1.44 bits per heavy atom. The van der Waals surface area contributed by atoms with Crippen molar-refractivity contribution in [3.63, 3.8) is 0 Å². The van der Waals surface area contributed by atoms with E-state index in [-0.39, 0.29) is 20.2 Å². The zero-order chi connectivity index (χ0) is 7.49. The first-order chi connectivity index (χ1) is 3.98. The zero-order valence-corrected chi connectivity index (χ0v) is 7.24. The van der Waals surface area contributed by atoms with Crippen LogP contribution >= 0.6 is 8.69 Å². The molecule has 1 atom stereocenters. The van der Waals surface area contributed by atoms with Gasteiger partial charge in [-0.15, -0.1) is 0 Å². The predicted octanol–water partition coefficient (Wildman–Crippen LogP) is 2.64. The molecule has 1 unspecified atom stereocenters. The minimum atomic E-state index is -0.226. The normalized spacial score (nSPS) is 16.0. The van der Waals surface area contributed by atoms with Gasteiger partial charge in [-0.3, -0.25) is 4.52 Å². The first kappa shape index (κ1) is 9.06. The Bertz CT molecular complexity index is 95.7. The van der Waals surface area contributed by atoms with Crippen LogP contribution in [0.1, 0.15) is 27.7 Å². The smallest absolute Gasteiger partial charge is 0.291 e. The molecule has 0 rings (SSSR count). The summed E-state index contributed by atoms with van der Waals surface area (Å²) in [7, 11) is -0.226. The van der Waals surface area contributed by atoms with Crippen LogP contribution in [0.2, 0.25) is 0 Å². The van der Waals surface area contributed by atoms with Crippen LogP contribution in [-0.2, 0) is 9.09 Å². The van der Waals surface area contributed by atoms with E-state index < -0.39 is 0 Å². The largest absolute Gasteiger partial charge is 0.327 e. The molecule has 0 aromatic carbocycles. The van der Waals surface area contributed by atoms with Gasteiger partial charge in [0.1, 0.15) is 0 Å². The molecule has 3 heteroatoms. The molecule has 0 aliphatic heterocycles. The van der Waals surface area contributed by atoms with E-state index in [1.54, 1.807) is 0 Å². The van der Waals surface area contributed by atoms with Crippen LogP contribution in [0.25, 0.3) is 0 Å². The lowest BCUT2D eigenvalue weighted by atomic mass is 9.91. The highest BCUT2D eigenvalue weighted by Gasteiger charge is 2.20. The molecule has 0 saturated carbocycles. The van der Waals surface area contributed by atoms with Crippen LogP contribution in [-0.4, -0.2) is 6.10 Å². The van der Waals surface area contributed by atoms with Crippen LogP contribution in [0, 0.1) is 5.41 Å². The summed E-state index contributed by atoms with van der Waals surface area (Å²) in [6.45, 7) is 8.04. The highest BCUT2D eigenvalue weighted by atomic mass is 31.1. The Balaban J connectivity index is 3.72. The quantitative estimate of drug-likeness (QED) is 0.562. The van der Waals surface area contributed by atoms with Crippen LogP contribution in [0.3, 0.4) is 0 Å². The Labute approximate surface area is 57.9 Å². The van der Waals surface area contributed by atoms with Crippen LogP contribution in [0.4, 0.5) is 0 Å². The van der Waals surface area contributed by atoms with Crippen LogP contribution in [0.15, 0.2) is 0 Å². The monoisotopic (exact) mass is 148 g/mol. The van der Waals surface area contributed by atoms with E-state index in [0.29, 0.717) is 0 Å². The molecule has 0 aromatic rings. The summed E-state index contributed by atoms with van der Waals surface area (Å²) in [6, 6.07) is 0. The number of rotatable bonds is 2. The maximum Gasteiger partial charge on any atom is 0.327 e. The molecule has 0 aromatic heterocycles. The maximum absolute atomic E-state index is 9.94. The average molecular weight is 148 g/mol. The maximum atomic E-state index is 9.94. The van der Waals surface area contributed by atoms with Crippen molar-refractivity contribution in [2.45, 2.75) is 33.8 Å². The average Bonchev–Trinajstić information content (AvgIpc) is 1.64. The highest BCUT2D eigenvalue weighted by molar-refractivity contribution is 7.17. The van der Waals surface area contributed by atoms with E-state index in [1.165, 1.54) is 0 Å². The molecular formula is C6H13O2P. The van der Waals surface area contributed by atoms with Gasteiger partial charge < -0.3 is 0 Å². The van der Waals surface area contributed by atoms with Gasteiger partial charge in [0.2, 0.25) is 0 Å². The molecular weight excluding hydrogens is 135 g/mol. The van der Waals surface area contributed by atoms with Crippen LogP contribution in [0.5, 0.6) is 0 Å². The predicted molar refractivity (Wildman–Crippen MR) is 37.6 cm³/mol. The third-order valence-corrected chi connectivity index (χ3v) is 1.82. The minimum Gasteiger partial charge on any atom is -0.291 e. The Kier molecular flexibility index (Phi) is 3.31. The number of hydrogen-bond acceptors (Lipinski definition) is 2. The summed E-state index contributed by atoms with van der Waals surface area (Å²) in [4.78, 5) is 0. The fraction of sp³-hybridized carbons (Fsp3) is 1.00. The fourth-order valence-electron chi connectivity index (χ4n) is 0.223. The third kappa shape index (κ3) is 3.61. The van der Waals surface area contributed by atoms with Gasteiger partial charge in [-0.25, -0.2) is 4.57 Å². The second kappa shape index (κ2) is 3.28. The van der Waals surface area contributed by atoms with Gasteiger partial charge in [0.15, 0.2) is 0 Å².